The molecule has 0 saturated heterocycles. The SMILES string of the molecule is Clc1ccc2c(c1)oc1cnc3ccccc3c12. The molecule has 0 fully saturated rings. The monoisotopic (exact) mass is 253 g/mol. The van der Waals surface area contributed by atoms with Crippen molar-refractivity contribution in [3.05, 3.63) is 53.7 Å². The summed E-state index contributed by atoms with van der Waals surface area (Å²) < 4.78 is 5.79. The number of hydrogen-bond donors (Lipinski definition) is 0. The summed E-state index contributed by atoms with van der Waals surface area (Å²) in [5.74, 6) is 0. The summed E-state index contributed by atoms with van der Waals surface area (Å²) in [6, 6.07) is 13.8. The smallest absolute Gasteiger partial charge is 0.154 e. The highest BCUT2D eigenvalue weighted by atomic mass is 35.5. The third-order valence-corrected chi connectivity index (χ3v) is 3.41. The first-order valence-corrected chi connectivity index (χ1v) is 6.06. The van der Waals surface area contributed by atoms with Crippen molar-refractivity contribution in [2.45, 2.75) is 0 Å². The summed E-state index contributed by atoms with van der Waals surface area (Å²) in [7, 11) is 0. The Labute approximate surface area is 108 Å². The largest absolute Gasteiger partial charge is 0.454 e. The standard InChI is InChI=1S/C15H8ClNO/c16-9-5-6-11-13(7-9)18-14-8-17-12-4-2-1-3-10(12)15(11)14/h1-8H. The number of rotatable bonds is 0. The number of fused-ring (bicyclic) bond motifs is 5. The molecule has 2 nitrogen and oxygen atoms in total. The van der Waals surface area contributed by atoms with Crippen LogP contribution in [0.25, 0.3) is 32.8 Å². The molecular formula is C15H8ClNO. The molecule has 4 aromatic rings. The van der Waals surface area contributed by atoms with Crippen molar-refractivity contribution < 1.29 is 4.42 Å². The van der Waals surface area contributed by atoms with Crippen molar-refractivity contribution in [2.24, 2.45) is 0 Å². The van der Waals surface area contributed by atoms with E-state index < -0.39 is 0 Å². The summed E-state index contributed by atoms with van der Waals surface area (Å²) in [6.45, 7) is 0. The molecule has 0 spiro atoms. The van der Waals surface area contributed by atoms with Gasteiger partial charge in [0.25, 0.3) is 0 Å². The molecule has 0 aliphatic carbocycles. The molecule has 0 N–H and O–H groups in total. The molecule has 0 aliphatic heterocycles. The van der Waals surface area contributed by atoms with Gasteiger partial charge in [-0.3, -0.25) is 4.98 Å². The summed E-state index contributed by atoms with van der Waals surface area (Å²) in [6.07, 6.45) is 1.77. The van der Waals surface area contributed by atoms with E-state index in [1.807, 2.05) is 36.4 Å². The number of benzene rings is 2. The lowest BCUT2D eigenvalue weighted by Gasteiger charge is -1.97. The van der Waals surface area contributed by atoms with Crippen LogP contribution in [0.3, 0.4) is 0 Å². The molecule has 2 aromatic carbocycles. The molecule has 0 bridgehead atoms. The first-order chi connectivity index (χ1) is 8.83. The van der Waals surface area contributed by atoms with E-state index in [4.69, 9.17) is 16.0 Å². The average molecular weight is 254 g/mol. The van der Waals surface area contributed by atoms with Gasteiger partial charge in [0.2, 0.25) is 0 Å². The van der Waals surface area contributed by atoms with E-state index in [1.54, 1.807) is 6.20 Å². The quantitative estimate of drug-likeness (QED) is 0.450. The van der Waals surface area contributed by atoms with Gasteiger partial charge in [0.05, 0.1) is 11.7 Å². The van der Waals surface area contributed by atoms with Crippen molar-refractivity contribution in [3.63, 3.8) is 0 Å². The van der Waals surface area contributed by atoms with E-state index in [0.717, 1.165) is 32.8 Å². The Balaban J connectivity index is 2.33. The van der Waals surface area contributed by atoms with Gasteiger partial charge in [0.1, 0.15) is 5.58 Å². The van der Waals surface area contributed by atoms with Crippen molar-refractivity contribution >= 4 is 44.4 Å². The second-order valence-electron chi connectivity index (χ2n) is 4.26. The van der Waals surface area contributed by atoms with Gasteiger partial charge in [0, 0.05) is 27.2 Å². The second kappa shape index (κ2) is 3.47. The number of pyridine rings is 1. The first kappa shape index (κ1) is 9.92. The molecule has 0 radical (unpaired) electrons. The number of aromatic nitrogens is 1. The van der Waals surface area contributed by atoms with Gasteiger partial charge >= 0.3 is 0 Å². The normalized spacial score (nSPS) is 11.6. The Morgan fingerprint density at radius 3 is 2.78 bits per heavy atom. The maximum Gasteiger partial charge on any atom is 0.154 e. The zero-order valence-corrected chi connectivity index (χ0v) is 10.1. The van der Waals surface area contributed by atoms with Crippen LogP contribution in [0, 0.1) is 0 Å². The zero-order valence-electron chi connectivity index (χ0n) is 9.35. The van der Waals surface area contributed by atoms with Gasteiger partial charge < -0.3 is 4.42 Å². The Bertz CT molecular complexity index is 895. The topological polar surface area (TPSA) is 26.0 Å². The minimum absolute atomic E-state index is 0.679. The van der Waals surface area contributed by atoms with Crippen LogP contribution in [0.1, 0.15) is 0 Å². The Hall–Kier alpha value is -2.06. The van der Waals surface area contributed by atoms with Crippen LogP contribution in [-0.2, 0) is 0 Å². The lowest BCUT2D eigenvalue weighted by molar-refractivity contribution is 0.667. The van der Waals surface area contributed by atoms with Crippen molar-refractivity contribution in [1.29, 1.82) is 0 Å². The lowest BCUT2D eigenvalue weighted by atomic mass is 10.1. The van der Waals surface area contributed by atoms with Crippen LogP contribution < -0.4 is 0 Å². The molecule has 2 heterocycles. The number of nitrogens with zero attached hydrogens (tertiary/aromatic N) is 1. The van der Waals surface area contributed by atoms with Gasteiger partial charge in [-0.2, -0.15) is 0 Å². The molecule has 0 amide bonds. The molecule has 0 unspecified atom stereocenters. The molecule has 2 aromatic heterocycles. The van der Waals surface area contributed by atoms with Crippen molar-refractivity contribution in [2.75, 3.05) is 0 Å². The average Bonchev–Trinajstić information content (AvgIpc) is 2.76. The van der Waals surface area contributed by atoms with E-state index in [2.05, 4.69) is 11.1 Å². The van der Waals surface area contributed by atoms with Gasteiger partial charge in [0.15, 0.2) is 5.58 Å². The Kier molecular flexibility index (Phi) is 1.91. The zero-order chi connectivity index (χ0) is 12.1. The van der Waals surface area contributed by atoms with Crippen LogP contribution in [0.15, 0.2) is 53.1 Å². The fourth-order valence-corrected chi connectivity index (χ4v) is 2.55. The summed E-state index contributed by atoms with van der Waals surface area (Å²) >= 11 is 5.99. The van der Waals surface area contributed by atoms with Gasteiger partial charge in [-0.1, -0.05) is 29.8 Å². The van der Waals surface area contributed by atoms with Gasteiger partial charge in [-0.05, 0) is 18.2 Å². The van der Waals surface area contributed by atoms with Crippen LogP contribution in [0.5, 0.6) is 0 Å². The van der Waals surface area contributed by atoms with Gasteiger partial charge in [-0.15, -0.1) is 0 Å². The Morgan fingerprint density at radius 1 is 0.944 bits per heavy atom. The lowest BCUT2D eigenvalue weighted by Crippen LogP contribution is -1.78. The van der Waals surface area contributed by atoms with Crippen LogP contribution in [0.2, 0.25) is 5.02 Å². The minimum Gasteiger partial charge on any atom is -0.454 e. The molecule has 3 heteroatoms. The van der Waals surface area contributed by atoms with E-state index in [9.17, 15) is 0 Å². The summed E-state index contributed by atoms with van der Waals surface area (Å²) in [5.41, 5.74) is 2.57. The van der Waals surface area contributed by atoms with Crippen molar-refractivity contribution in [1.82, 2.24) is 4.98 Å². The second-order valence-corrected chi connectivity index (χ2v) is 4.69. The molecule has 18 heavy (non-hydrogen) atoms. The predicted octanol–water partition coefficient (Wildman–Crippen LogP) is 4.79. The molecule has 0 saturated carbocycles. The number of furan rings is 1. The van der Waals surface area contributed by atoms with Gasteiger partial charge in [-0.25, -0.2) is 0 Å². The van der Waals surface area contributed by atoms with Crippen LogP contribution in [0.4, 0.5) is 0 Å². The molecule has 0 atom stereocenters. The fourth-order valence-electron chi connectivity index (χ4n) is 2.38. The van der Waals surface area contributed by atoms with E-state index in [0.29, 0.717) is 5.02 Å². The number of hydrogen-bond acceptors (Lipinski definition) is 2. The minimum atomic E-state index is 0.679. The van der Waals surface area contributed by atoms with E-state index in [-0.39, 0.29) is 0 Å². The van der Waals surface area contributed by atoms with Crippen LogP contribution in [-0.4, -0.2) is 4.98 Å². The maximum absolute atomic E-state index is 5.99. The van der Waals surface area contributed by atoms with Crippen molar-refractivity contribution in [3.8, 4) is 0 Å². The molecule has 4 rings (SSSR count). The molecule has 0 aliphatic rings. The van der Waals surface area contributed by atoms with E-state index in [1.165, 1.54) is 0 Å². The summed E-state index contributed by atoms with van der Waals surface area (Å²) in [4.78, 5) is 4.40. The highest BCUT2D eigenvalue weighted by molar-refractivity contribution is 6.31. The summed E-state index contributed by atoms with van der Waals surface area (Å²) in [5, 5.41) is 3.97. The third kappa shape index (κ3) is 1.27. The van der Waals surface area contributed by atoms with Crippen LogP contribution >= 0.6 is 11.6 Å². The third-order valence-electron chi connectivity index (χ3n) is 3.17. The highest BCUT2D eigenvalue weighted by Crippen LogP contribution is 2.34. The number of halogens is 1. The number of para-hydroxylation sites is 1. The fraction of sp³-hybridized carbons (Fsp3) is 0. The highest BCUT2D eigenvalue weighted by Gasteiger charge is 2.10. The maximum atomic E-state index is 5.99. The first-order valence-electron chi connectivity index (χ1n) is 5.68. The van der Waals surface area contributed by atoms with E-state index >= 15 is 0 Å². The predicted molar refractivity (Wildman–Crippen MR) is 74.0 cm³/mol. The molecule has 86 valence electrons. The Morgan fingerprint density at radius 2 is 1.83 bits per heavy atom. The molecular weight excluding hydrogens is 246 g/mol.